The molecule has 1 atom stereocenters. The number of carboxylic acid groups (broad SMARTS) is 1. The molecule has 1 fully saturated rings. The summed E-state index contributed by atoms with van der Waals surface area (Å²) in [5.74, 6) is -0.994. The molecule has 3 amide bonds. The number of aliphatic carboxylic acids is 1. The lowest BCUT2D eigenvalue weighted by molar-refractivity contribution is -0.137. The Morgan fingerprint density at radius 1 is 1.30 bits per heavy atom. The van der Waals surface area contributed by atoms with E-state index in [1.165, 1.54) is 6.92 Å². The van der Waals surface area contributed by atoms with Crippen LogP contribution in [0.2, 0.25) is 0 Å². The fraction of sp³-hybridized carbons (Fsp3) is 0.769. The summed E-state index contributed by atoms with van der Waals surface area (Å²) in [5, 5.41) is 14.2. The van der Waals surface area contributed by atoms with Gasteiger partial charge >= 0.3 is 12.0 Å². The summed E-state index contributed by atoms with van der Waals surface area (Å²) >= 11 is 0. The Morgan fingerprint density at radius 2 is 1.90 bits per heavy atom. The number of nitrogens with one attached hydrogen (secondary N) is 2. The van der Waals surface area contributed by atoms with Crippen molar-refractivity contribution < 1.29 is 19.5 Å². The minimum Gasteiger partial charge on any atom is -0.481 e. The van der Waals surface area contributed by atoms with E-state index in [2.05, 4.69) is 10.6 Å². The number of hydrogen-bond acceptors (Lipinski definition) is 3. The van der Waals surface area contributed by atoms with Gasteiger partial charge in [-0.2, -0.15) is 0 Å². The molecule has 3 N–H and O–H groups in total. The molecule has 1 rings (SSSR count). The molecule has 0 bridgehead atoms. The van der Waals surface area contributed by atoms with Gasteiger partial charge < -0.3 is 20.6 Å². The van der Waals surface area contributed by atoms with Crippen molar-refractivity contribution >= 4 is 17.9 Å². The van der Waals surface area contributed by atoms with Gasteiger partial charge in [0.1, 0.15) is 0 Å². The van der Waals surface area contributed by atoms with Crippen LogP contribution in [0.1, 0.15) is 33.1 Å². The van der Waals surface area contributed by atoms with Crippen molar-refractivity contribution in [2.75, 3.05) is 19.6 Å². The molecule has 0 aromatic heterocycles. The number of carbonyl (C=O) groups excluding carboxylic acids is 2. The highest BCUT2D eigenvalue weighted by Gasteiger charge is 2.23. The predicted molar refractivity (Wildman–Crippen MR) is 73.2 cm³/mol. The van der Waals surface area contributed by atoms with Crippen LogP contribution in [-0.2, 0) is 9.59 Å². The van der Waals surface area contributed by atoms with Gasteiger partial charge in [-0.25, -0.2) is 4.79 Å². The zero-order valence-electron chi connectivity index (χ0n) is 12.0. The highest BCUT2D eigenvalue weighted by Crippen LogP contribution is 2.10. The van der Waals surface area contributed by atoms with Gasteiger partial charge in [0.25, 0.3) is 0 Å². The molecule has 1 aliphatic rings. The summed E-state index contributed by atoms with van der Waals surface area (Å²) in [6.45, 7) is 4.84. The number of amides is 3. The average Bonchev–Trinajstić information content (AvgIpc) is 2.35. The van der Waals surface area contributed by atoms with Crippen LogP contribution in [0.5, 0.6) is 0 Å². The van der Waals surface area contributed by atoms with Crippen molar-refractivity contribution in [3.05, 3.63) is 0 Å². The number of carbonyl (C=O) groups is 3. The third-order valence-corrected chi connectivity index (χ3v) is 3.31. The van der Waals surface area contributed by atoms with E-state index in [1.54, 1.807) is 11.8 Å². The Kier molecular flexibility index (Phi) is 6.27. The maximum Gasteiger partial charge on any atom is 0.317 e. The molecule has 114 valence electrons. The first-order valence-electron chi connectivity index (χ1n) is 6.90. The molecule has 7 heteroatoms. The first kappa shape index (κ1) is 16.3. The van der Waals surface area contributed by atoms with E-state index in [-0.39, 0.29) is 30.3 Å². The van der Waals surface area contributed by atoms with Crippen LogP contribution < -0.4 is 10.6 Å². The molecular formula is C13H23N3O4. The number of urea groups is 1. The maximum absolute atomic E-state index is 11.9. The molecule has 1 heterocycles. The monoisotopic (exact) mass is 285 g/mol. The van der Waals surface area contributed by atoms with Crippen molar-refractivity contribution in [3.63, 3.8) is 0 Å². The van der Waals surface area contributed by atoms with Crippen LogP contribution in [0.15, 0.2) is 0 Å². The number of nitrogens with zero attached hydrogens (tertiary/aromatic N) is 1. The summed E-state index contributed by atoms with van der Waals surface area (Å²) < 4.78 is 0. The molecule has 0 aromatic rings. The van der Waals surface area contributed by atoms with Crippen molar-refractivity contribution in [1.82, 2.24) is 15.5 Å². The second-order valence-corrected chi connectivity index (χ2v) is 5.35. The molecule has 20 heavy (non-hydrogen) atoms. The van der Waals surface area contributed by atoms with Crippen molar-refractivity contribution in [2.45, 2.75) is 39.2 Å². The lowest BCUT2D eigenvalue weighted by atomic mass is 10.1. The quantitative estimate of drug-likeness (QED) is 0.681. The SMILES string of the molecule is CC(=O)NC1CCN(C(=O)NCC(C)CC(=O)O)CC1. The van der Waals surface area contributed by atoms with Crippen LogP contribution in [0.4, 0.5) is 4.79 Å². The highest BCUT2D eigenvalue weighted by molar-refractivity contribution is 5.75. The molecule has 0 spiro atoms. The summed E-state index contributed by atoms with van der Waals surface area (Å²) in [7, 11) is 0. The van der Waals surface area contributed by atoms with Gasteiger partial charge in [0, 0.05) is 39.0 Å². The van der Waals surface area contributed by atoms with Crippen LogP contribution in [0, 0.1) is 5.92 Å². The van der Waals surface area contributed by atoms with Crippen LogP contribution in [0.3, 0.4) is 0 Å². The van der Waals surface area contributed by atoms with Crippen molar-refractivity contribution in [3.8, 4) is 0 Å². The van der Waals surface area contributed by atoms with E-state index in [1.807, 2.05) is 0 Å². The van der Waals surface area contributed by atoms with E-state index < -0.39 is 5.97 Å². The topological polar surface area (TPSA) is 98.7 Å². The Hall–Kier alpha value is -1.79. The number of rotatable bonds is 5. The van der Waals surface area contributed by atoms with Crippen molar-refractivity contribution in [2.24, 2.45) is 5.92 Å². The van der Waals surface area contributed by atoms with Gasteiger partial charge in [0.05, 0.1) is 0 Å². The van der Waals surface area contributed by atoms with Crippen LogP contribution in [0.25, 0.3) is 0 Å². The van der Waals surface area contributed by atoms with Crippen LogP contribution >= 0.6 is 0 Å². The van der Waals surface area contributed by atoms with Gasteiger partial charge in [0.15, 0.2) is 0 Å². The number of piperidine rings is 1. The first-order valence-corrected chi connectivity index (χ1v) is 6.90. The molecule has 7 nitrogen and oxygen atoms in total. The molecule has 0 aromatic carbocycles. The summed E-state index contributed by atoms with van der Waals surface area (Å²) in [5.41, 5.74) is 0. The molecule has 1 saturated heterocycles. The highest BCUT2D eigenvalue weighted by atomic mass is 16.4. The van der Waals surface area contributed by atoms with Gasteiger partial charge in [0.2, 0.25) is 5.91 Å². The second-order valence-electron chi connectivity index (χ2n) is 5.35. The lowest BCUT2D eigenvalue weighted by Crippen LogP contribution is -2.49. The Bertz CT molecular complexity index is 365. The van der Waals surface area contributed by atoms with Gasteiger partial charge in [-0.05, 0) is 18.8 Å². The molecule has 1 aliphatic heterocycles. The first-order chi connectivity index (χ1) is 9.38. The predicted octanol–water partition coefficient (Wildman–Crippen LogP) is 0.407. The maximum atomic E-state index is 11.9. The van der Waals surface area contributed by atoms with Crippen molar-refractivity contribution in [1.29, 1.82) is 0 Å². The third kappa shape index (κ3) is 5.90. The summed E-state index contributed by atoms with van der Waals surface area (Å²) in [6, 6.07) is -0.0222. The zero-order chi connectivity index (χ0) is 15.1. The van der Waals surface area contributed by atoms with E-state index in [4.69, 9.17) is 5.11 Å². The molecule has 1 unspecified atom stereocenters. The molecule has 0 radical (unpaired) electrons. The van der Waals surface area contributed by atoms with Gasteiger partial charge in [-0.3, -0.25) is 9.59 Å². The Labute approximate surface area is 118 Å². The van der Waals surface area contributed by atoms with Gasteiger partial charge in [-0.1, -0.05) is 6.92 Å². The van der Waals surface area contributed by atoms with E-state index in [0.29, 0.717) is 19.6 Å². The van der Waals surface area contributed by atoms with E-state index in [0.717, 1.165) is 12.8 Å². The molecule has 0 aliphatic carbocycles. The smallest absolute Gasteiger partial charge is 0.317 e. The normalized spacial score (nSPS) is 17.4. The molecular weight excluding hydrogens is 262 g/mol. The number of carboxylic acids is 1. The Morgan fingerprint density at radius 3 is 2.40 bits per heavy atom. The number of hydrogen-bond donors (Lipinski definition) is 3. The van der Waals surface area contributed by atoms with E-state index in [9.17, 15) is 14.4 Å². The molecule has 0 saturated carbocycles. The fourth-order valence-electron chi connectivity index (χ4n) is 2.26. The lowest BCUT2D eigenvalue weighted by Gasteiger charge is -2.32. The minimum absolute atomic E-state index is 0.0459. The largest absolute Gasteiger partial charge is 0.481 e. The number of likely N-dealkylation sites (tertiary alicyclic amines) is 1. The van der Waals surface area contributed by atoms with Crippen LogP contribution in [-0.4, -0.2) is 53.6 Å². The van der Waals surface area contributed by atoms with E-state index >= 15 is 0 Å². The third-order valence-electron chi connectivity index (χ3n) is 3.31. The summed E-state index contributed by atoms with van der Waals surface area (Å²) in [6.07, 6.45) is 1.54. The van der Waals surface area contributed by atoms with Gasteiger partial charge in [-0.15, -0.1) is 0 Å². The Balaban J connectivity index is 2.25. The second kappa shape index (κ2) is 7.72. The average molecular weight is 285 g/mol. The summed E-state index contributed by atoms with van der Waals surface area (Å²) in [4.78, 5) is 35.1. The minimum atomic E-state index is -0.858. The standard InChI is InChI=1S/C13H23N3O4/c1-9(7-12(18)19)8-14-13(20)16-5-3-11(4-6-16)15-10(2)17/h9,11H,3-8H2,1-2H3,(H,14,20)(H,15,17)(H,18,19). The fourth-order valence-corrected chi connectivity index (χ4v) is 2.26. The zero-order valence-corrected chi connectivity index (χ0v) is 12.0.